The Morgan fingerprint density at radius 1 is 1.16 bits per heavy atom. The van der Waals surface area contributed by atoms with Crippen LogP contribution in [0.1, 0.15) is 45.2 Å². The molecule has 3 aromatic heterocycles. The molecule has 4 aromatic rings. The van der Waals surface area contributed by atoms with Gasteiger partial charge in [0.15, 0.2) is 5.76 Å². The molecule has 1 aromatic carbocycles. The van der Waals surface area contributed by atoms with Crippen LogP contribution >= 0.6 is 11.3 Å². The largest absolute Gasteiger partial charge is 0.459 e. The summed E-state index contributed by atoms with van der Waals surface area (Å²) < 4.78 is 18.8. The Morgan fingerprint density at radius 3 is 2.65 bits per heavy atom. The van der Waals surface area contributed by atoms with Gasteiger partial charge in [-0.05, 0) is 61.4 Å². The molecule has 0 fully saturated rings. The number of amides is 1. The lowest BCUT2D eigenvalue weighted by molar-refractivity contribution is 0.0997. The van der Waals surface area contributed by atoms with E-state index < -0.39 is 0 Å². The Bertz CT molecular complexity index is 1170. The monoisotopic (exact) mass is 435 g/mol. The number of aromatic nitrogens is 1. The van der Waals surface area contributed by atoms with Gasteiger partial charge < -0.3 is 15.1 Å². The zero-order valence-electron chi connectivity index (χ0n) is 17.2. The number of rotatable bonds is 7. The molecule has 158 valence electrons. The average Bonchev–Trinajstić information content (AvgIpc) is 3.43. The first-order chi connectivity index (χ1) is 15.0. The number of hydrogen-bond donors (Lipinski definition) is 2. The summed E-state index contributed by atoms with van der Waals surface area (Å²) in [5, 5.41) is 7.15. The first kappa shape index (κ1) is 20.8. The predicted octanol–water partition coefficient (Wildman–Crippen LogP) is 6.20. The van der Waals surface area contributed by atoms with Crippen molar-refractivity contribution in [3.8, 4) is 0 Å². The molecule has 2 N–H and O–H groups in total. The molecule has 4 rings (SSSR count). The lowest BCUT2D eigenvalue weighted by Crippen LogP contribution is -2.17. The molecule has 0 aliphatic heterocycles. The highest BCUT2D eigenvalue weighted by atomic mass is 32.1. The Labute approximate surface area is 184 Å². The number of halogens is 1. The second kappa shape index (κ2) is 9.14. The number of carbonyl (C=O) groups is 1. The van der Waals surface area contributed by atoms with E-state index in [1.165, 1.54) is 29.7 Å². The SMILES string of the molecule is CCc1cc([C@H](Nc2cccc(C)n2)c2ccc(F)cc2)c(NC(=O)c2ccco2)s1. The van der Waals surface area contributed by atoms with Gasteiger partial charge in [0.25, 0.3) is 5.91 Å². The summed E-state index contributed by atoms with van der Waals surface area (Å²) in [4.78, 5) is 18.3. The average molecular weight is 436 g/mol. The van der Waals surface area contributed by atoms with E-state index in [1.807, 2.05) is 25.1 Å². The zero-order valence-corrected chi connectivity index (χ0v) is 18.0. The Kier molecular flexibility index (Phi) is 6.13. The van der Waals surface area contributed by atoms with Gasteiger partial charge in [0.2, 0.25) is 0 Å². The molecule has 5 nitrogen and oxygen atoms in total. The van der Waals surface area contributed by atoms with Gasteiger partial charge in [-0.1, -0.05) is 25.1 Å². The van der Waals surface area contributed by atoms with Crippen LogP contribution in [0.5, 0.6) is 0 Å². The second-order valence-corrected chi connectivity index (χ2v) is 8.21. The summed E-state index contributed by atoms with van der Waals surface area (Å²) in [5.74, 6) is 0.315. The van der Waals surface area contributed by atoms with E-state index in [0.717, 1.165) is 28.1 Å². The van der Waals surface area contributed by atoms with Crippen LogP contribution in [0.25, 0.3) is 0 Å². The van der Waals surface area contributed by atoms with Crippen molar-refractivity contribution in [1.82, 2.24) is 4.98 Å². The van der Waals surface area contributed by atoms with Gasteiger partial charge in [-0.15, -0.1) is 11.3 Å². The number of benzene rings is 1. The molecular formula is C24H22FN3O2S. The molecule has 0 saturated carbocycles. The lowest BCUT2D eigenvalue weighted by Gasteiger charge is -2.21. The van der Waals surface area contributed by atoms with Crippen LogP contribution in [0.4, 0.5) is 15.2 Å². The third-order valence-corrected chi connectivity index (χ3v) is 6.04. The van der Waals surface area contributed by atoms with Crippen molar-refractivity contribution in [3.05, 3.63) is 100 Å². The fourth-order valence-corrected chi connectivity index (χ4v) is 4.32. The number of nitrogens with one attached hydrogen (secondary N) is 2. The highest BCUT2D eigenvalue weighted by molar-refractivity contribution is 7.16. The Morgan fingerprint density at radius 2 is 1.97 bits per heavy atom. The minimum Gasteiger partial charge on any atom is -0.459 e. The molecule has 7 heteroatoms. The normalized spacial score (nSPS) is 11.8. The number of nitrogens with zero attached hydrogens (tertiary/aromatic N) is 1. The van der Waals surface area contributed by atoms with Crippen LogP contribution in [0.2, 0.25) is 0 Å². The van der Waals surface area contributed by atoms with E-state index in [1.54, 1.807) is 24.3 Å². The van der Waals surface area contributed by atoms with E-state index in [0.29, 0.717) is 10.8 Å². The van der Waals surface area contributed by atoms with E-state index >= 15 is 0 Å². The van der Waals surface area contributed by atoms with Gasteiger partial charge in [-0.3, -0.25) is 4.79 Å². The number of anilines is 2. The third-order valence-electron chi connectivity index (χ3n) is 4.83. The topological polar surface area (TPSA) is 67.2 Å². The first-order valence-electron chi connectivity index (χ1n) is 9.96. The van der Waals surface area contributed by atoms with Crippen molar-refractivity contribution in [2.75, 3.05) is 10.6 Å². The van der Waals surface area contributed by atoms with Crippen molar-refractivity contribution in [1.29, 1.82) is 0 Å². The standard InChI is InChI=1S/C24H22FN3O2S/c1-3-18-14-19(24(31-18)28-23(29)20-7-5-13-30-20)22(16-9-11-17(25)12-10-16)27-21-8-4-6-15(2)26-21/h4-14,22H,3H2,1-2H3,(H,26,27)(H,28,29)/t22-/m1/s1. The number of hydrogen-bond acceptors (Lipinski definition) is 5. The van der Waals surface area contributed by atoms with Crippen molar-refractivity contribution in [2.24, 2.45) is 0 Å². The third kappa shape index (κ3) is 4.83. The summed E-state index contributed by atoms with van der Waals surface area (Å²) in [5.41, 5.74) is 2.63. The van der Waals surface area contributed by atoms with Crippen LogP contribution in [0.3, 0.4) is 0 Å². The minimum atomic E-state index is -0.335. The fraction of sp³-hybridized carbons (Fsp3) is 0.167. The maximum atomic E-state index is 13.6. The van der Waals surface area contributed by atoms with Gasteiger partial charge in [0.05, 0.1) is 12.3 Å². The fourth-order valence-electron chi connectivity index (χ4n) is 3.28. The van der Waals surface area contributed by atoms with E-state index in [9.17, 15) is 9.18 Å². The highest BCUT2D eigenvalue weighted by Gasteiger charge is 2.23. The number of carbonyl (C=O) groups excluding carboxylic acids is 1. The van der Waals surface area contributed by atoms with Crippen molar-refractivity contribution >= 4 is 28.1 Å². The Balaban J connectivity index is 1.75. The number of thiophene rings is 1. The highest BCUT2D eigenvalue weighted by Crippen LogP contribution is 2.38. The molecule has 1 amide bonds. The molecule has 0 aliphatic rings. The van der Waals surface area contributed by atoms with Crippen LogP contribution in [-0.2, 0) is 6.42 Å². The maximum absolute atomic E-state index is 13.6. The quantitative estimate of drug-likeness (QED) is 0.363. The molecule has 31 heavy (non-hydrogen) atoms. The predicted molar refractivity (Wildman–Crippen MR) is 121 cm³/mol. The summed E-state index contributed by atoms with van der Waals surface area (Å²) >= 11 is 1.52. The molecule has 0 bridgehead atoms. The molecule has 0 saturated heterocycles. The van der Waals surface area contributed by atoms with Gasteiger partial charge in [0, 0.05) is 16.1 Å². The van der Waals surface area contributed by atoms with Crippen molar-refractivity contribution in [2.45, 2.75) is 26.3 Å². The van der Waals surface area contributed by atoms with Gasteiger partial charge in [-0.25, -0.2) is 9.37 Å². The van der Waals surface area contributed by atoms with Gasteiger partial charge in [-0.2, -0.15) is 0 Å². The molecule has 0 spiro atoms. The molecular weight excluding hydrogens is 413 g/mol. The van der Waals surface area contributed by atoms with Crippen LogP contribution in [0.15, 0.2) is 71.3 Å². The Hall–Kier alpha value is -3.45. The van der Waals surface area contributed by atoms with Crippen LogP contribution in [0, 0.1) is 12.7 Å². The second-order valence-electron chi connectivity index (χ2n) is 7.08. The molecule has 0 aliphatic carbocycles. The maximum Gasteiger partial charge on any atom is 0.291 e. The van der Waals surface area contributed by atoms with E-state index in [2.05, 4.69) is 28.6 Å². The molecule has 1 atom stereocenters. The minimum absolute atomic E-state index is 0.240. The molecule has 0 unspecified atom stereocenters. The summed E-state index contributed by atoms with van der Waals surface area (Å²) in [6, 6.07) is 17.1. The van der Waals surface area contributed by atoms with Crippen LogP contribution in [-0.4, -0.2) is 10.9 Å². The summed E-state index contributed by atoms with van der Waals surface area (Å²) in [6.07, 6.45) is 2.29. The number of pyridine rings is 1. The molecule has 3 heterocycles. The number of aryl methyl sites for hydroxylation is 2. The summed E-state index contributed by atoms with van der Waals surface area (Å²) in [6.45, 7) is 3.99. The summed E-state index contributed by atoms with van der Waals surface area (Å²) in [7, 11) is 0. The van der Waals surface area contributed by atoms with E-state index in [4.69, 9.17) is 4.42 Å². The van der Waals surface area contributed by atoms with Crippen molar-refractivity contribution in [3.63, 3.8) is 0 Å². The zero-order chi connectivity index (χ0) is 21.8. The lowest BCUT2D eigenvalue weighted by atomic mass is 9.99. The smallest absolute Gasteiger partial charge is 0.291 e. The van der Waals surface area contributed by atoms with Crippen molar-refractivity contribution < 1.29 is 13.6 Å². The van der Waals surface area contributed by atoms with Gasteiger partial charge in [0.1, 0.15) is 16.6 Å². The first-order valence-corrected chi connectivity index (χ1v) is 10.8. The molecule has 0 radical (unpaired) electrons. The number of furan rings is 1. The van der Waals surface area contributed by atoms with Crippen LogP contribution < -0.4 is 10.6 Å². The van der Waals surface area contributed by atoms with E-state index in [-0.39, 0.29) is 23.5 Å². The van der Waals surface area contributed by atoms with Gasteiger partial charge >= 0.3 is 0 Å².